The Balaban J connectivity index is 1.20. The maximum Gasteiger partial charge on any atom is 0.224 e. The van der Waals surface area contributed by atoms with E-state index in [1.807, 2.05) is 36.4 Å². The molecule has 1 aliphatic carbocycles. The predicted molar refractivity (Wildman–Crippen MR) is 181 cm³/mol. The van der Waals surface area contributed by atoms with E-state index < -0.39 is 21.0 Å². The van der Waals surface area contributed by atoms with E-state index in [1.165, 1.54) is 25.3 Å². The number of pyridine rings is 2. The third kappa shape index (κ3) is 6.38. The lowest BCUT2D eigenvalue weighted by atomic mass is 9.87. The highest BCUT2D eigenvalue weighted by Gasteiger charge is 2.21. The molecular formula is C35H34FN7O3S. The molecule has 1 amide bonds. The van der Waals surface area contributed by atoms with Gasteiger partial charge in [-0.1, -0.05) is 31.4 Å². The summed E-state index contributed by atoms with van der Waals surface area (Å²) < 4.78 is 38.9. The summed E-state index contributed by atoms with van der Waals surface area (Å²) in [7, 11) is -3.63. The number of nitrogens with zero attached hydrogens (tertiary/aromatic N) is 3. The Morgan fingerprint density at radius 2 is 1.83 bits per heavy atom. The van der Waals surface area contributed by atoms with Gasteiger partial charge in [0.2, 0.25) is 5.91 Å². The number of amides is 1. The summed E-state index contributed by atoms with van der Waals surface area (Å²) in [6.45, 7) is 0. The van der Waals surface area contributed by atoms with E-state index in [0.717, 1.165) is 58.2 Å². The lowest BCUT2D eigenvalue weighted by Gasteiger charge is -2.20. The van der Waals surface area contributed by atoms with Gasteiger partial charge in [-0.3, -0.25) is 19.9 Å². The van der Waals surface area contributed by atoms with Gasteiger partial charge in [-0.25, -0.2) is 12.8 Å². The number of sulfone groups is 1. The molecule has 0 bridgehead atoms. The first-order chi connectivity index (χ1) is 22.6. The van der Waals surface area contributed by atoms with Crippen LogP contribution in [-0.2, 0) is 14.6 Å². The molecule has 2 aromatic carbocycles. The first-order valence-electron chi connectivity index (χ1n) is 15.6. The normalized spacial score (nSPS) is 14.9. The number of fused-ring (bicyclic) bond motifs is 2. The maximum atomic E-state index is 14.7. The number of benzene rings is 2. The molecule has 7 rings (SSSR count). The molecule has 240 valence electrons. The molecule has 1 unspecified atom stereocenters. The summed E-state index contributed by atoms with van der Waals surface area (Å²) in [4.78, 5) is 25.1. The number of rotatable bonds is 8. The van der Waals surface area contributed by atoms with E-state index in [0.29, 0.717) is 40.5 Å². The van der Waals surface area contributed by atoms with E-state index in [-0.39, 0.29) is 11.5 Å². The Labute approximate surface area is 270 Å². The van der Waals surface area contributed by atoms with E-state index in [1.54, 1.807) is 24.7 Å². The average Bonchev–Trinajstić information content (AvgIpc) is 3.68. The SMILES string of the molecule is CS(=O)(=O)C(N)c1cc(F)cc(-c2cccc3[nH]c(-c4n[nH]c5cnc(-c6cncc(NC(=O)CC7CCCCC7)c6)cc45)cc23)c1. The lowest BCUT2D eigenvalue weighted by molar-refractivity contribution is -0.117. The minimum Gasteiger partial charge on any atom is -0.353 e. The number of aromatic nitrogens is 5. The van der Waals surface area contributed by atoms with Crippen molar-refractivity contribution in [1.29, 1.82) is 0 Å². The molecule has 0 radical (unpaired) electrons. The second kappa shape index (κ2) is 12.3. The molecule has 10 nitrogen and oxygen atoms in total. The molecule has 1 fully saturated rings. The smallest absolute Gasteiger partial charge is 0.224 e. The van der Waals surface area contributed by atoms with Crippen LogP contribution in [0, 0.1) is 11.7 Å². The quantitative estimate of drug-likeness (QED) is 0.139. The molecule has 6 aromatic rings. The number of nitrogens with two attached hydrogens (primary N) is 1. The van der Waals surface area contributed by atoms with Crippen molar-refractivity contribution in [3.8, 4) is 33.8 Å². The van der Waals surface area contributed by atoms with E-state index in [9.17, 15) is 17.6 Å². The molecule has 47 heavy (non-hydrogen) atoms. The lowest BCUT2D eigenvalue weighted by Crippen LogP contribution is -2.20. The van der Waals surface area contributed by atoms with Gasteiger partial charge < -0.3 is 16.0 Å². The Kier molecular flexibility index (Phi) is 8.06. The van der Waals surface area contributed by atoms with Gasteiger partial charge in [0.25, 0.3) is 0 Å². The van der Waals surface area contributed by atoms with Crippen molar-refractivity contribution in [2.45, 2.75) is 43.9 Å². The number of hydrogen-bond donors (Lipinski definition) is 4. The largest absolute Gasteiger partial charge is 0.353 e. The molecule has 1 aliphatic rings. The summed E-state index contributed by atoms with van der Waals surface area (Å²) in [5.74, 6) is -0.138. The van der Waals surface area contributed by atoms with Gasteiger partial charge in [0.15, 0.2) is 9.84 Å². The number of nitrogens with one attached hydrogen (secondary N) is 3. The van der Waals surface area contributed by atoms with Crippen LogP contribution in [0.2, 0.25) is 0 Å². The van der Waals surface area contributed by atoms with Gasteiger partial charge in [0.1, 0.15) is 16.9 Å². The van der Waals surface area contributed by atoms with Crippen LogP contribution >= 0.6 is 0 Å². The molecule has 4 aromatic heterocycles. The summed E-state index contributed by atoms with van der Waals surface area (Å²) in [5, 5.41) is 10.9. The van der Waals surface area contributed by atoms with Crippen LogP contribution in [0.25, 0.3) is 55.6 Å². The van der Waals surface area contributed by atoms with Gasteiger partial charge in [-0.15, -0.1) is 0 Å². The molecule has 0 aliphatic heterocycles. The summed E-state index contributed by atoms with van der Waals surface area (Å²) >= 11 is 0. The zero-order valence-electron chi connectivity index (χ0n) is 25.8. The molecule has 0 saturated heterocycles. The van der Waals surface area contributed by atoms with Crippen LogP contribution < -0.4 is 11.1 Å². The van der Waals surface area contributed by atoms with Crippen molar-refractivity contribution < 1.29 is 17.6 Å². The third-order valence-electron chi connectivity index (χ3n) is 8.90. The first-order valence-corrected chi connectivity index (χ1v) is 17.5. The molecule has 12 heteroatoms. The molecule has 1 saturated carbocycles. The highest BCUT2D eigenvalue weighted by atomic mass is 32.2. The van der Waals surface area contributed by atoms with Crippen LogP contribution in [0.15, 0.2) is 73.2 Å². The number of aromatic amines is 2. The zero-order chi connectivity index (χ0) is 32.7. The number of anilines is 1. The van der Waals surface area contributed by atoms with Crippen molar-refractivity contribution in [2.75, 3.05) is 11.6 Å². The highest BCUT2D eigenvalue weighted by Crippen LogP contribution is 2.36. The van der Waals surface area contributed by atoms with Gasteiger partial charge in [-0.05, 0) is 77.9 Å². The maximum absolute atomic E-state index is 14.7. The van der Waals surface area contributed by atoms with Gasteiger partial charge in [-0.2, -0.15) is 5.10 Å². The number of H-pyrrole nitrogens is 2. The summed E-state index contributed by atoms with van der Waals surface area (Å²) in [5.41, 5.74) is 12.3. The first kappa shape index (κ1) is 30.7. The Bertz CT molecular complexity index is 2240. The van der Waals surface area contributed by atoms with Crippen LogP contribution in [0.1, 0.15) is 49.5 Å². The van der Waals surface area contributed by atoms with Crippen molar-refractivity contribution in [2.24, 2.45) is 11.7 Å². The molecule has 4 heterocycles. The van der Waals surface area contributed by atoms with Gasteiger partial charge in [0, 0.05) is 40.7 Å². The molecule has 0 spiro atoms. The number of carbonyl (C=O) groups excluding carboxylic acids is 1. The minimum atomic E-state index is -3.63. The fourth-order valence-electron chi connectivity index (χ4n) is 6.51. The Morgan fingerprint density at radius 3 is 2.64 bits per heavy atom. The van der Waals surface area contributed by atoms with E-state index >= 15 is 0 Å². The fourth-order valence-corrected chi connectivity index (χ4v) is 7.14. The summed E-state index contributed by atoms with van der Waals surface area (Å²) in [6, 6.07) is 15.5. The Morgan fingerprint density at radius 1 is 1.00 bits per heavy atom. The monoisotopic (exact) mass is 651 g/mol. The standard InChI is InChI=1S/C35H34FN7O3S/c1-47(45,46)35(37)22-11-21(12-24(36)13-22)26-8-5-9-29-27(26)15-31(41-29)34-28-16-30(39-19-32(28)42-43-34)23-14-25(18-38-17-23)40-33(44)10-20-6-3-2-4-7-20/h5,8-9,11-20,35,41H,2-4,6-7,10,37H2,1H3,(H,40,44)(H,42,43). The van der Waals surface area contributed by atoms with Gasteiger partial charge in [0.05, 0.1) is 35.0 Å². The number of halogens is 1. The average molecular weight is 652 g/mol. The molecule has 5 N–H and O–H groups in total. The van der Waals surface area contributed by atoms with E-state index in [4.69, 9.17) is 5.73 Å². The van der Waals surface area contributed by atoms with Crippen molar-refractivity contribution in [3.63, 3.8) is 0 Å². The topological polar surface area (TPSA) is 160 Å². The number of carbonyl (C=O) groups is 1. The van der Waals surface area contributed by atoms with Crippen molar-refractivity contribution in [1.82, 2.24) is 25.1 Å². The minimum absolute atomic E-state index is 0.00210. The van der Waals surface area contributed by atoms with Gasteiger partial charge >= 0.3 is 0 Å². The van der Waals surface area contributed by atoms with Crippen LogP contribution in [0.5, 0.6) is 0 Å². The second-order valence-electron chi connectivity index (χ2n) is 12.4. The zero-order valence-corrected chi connectivity index (χ0v) is 26.6. The van der Waals surface area contributed by atoms with Crippen LogP contribution in [0.4, 0.5) is 10.1 Å². The molecule has 1 atom stereocenters. The summed E-state index contributed by atoms with van der Waals surface area (Å²) in [6.07, 6.45) is 12.5. The van der Waals surface area contributed by atoms with E-state index in [2.05, 4.69) is 30.5 Å². The highest BCUT2D eigenvalue weighted by molar-refractivity contribution is 7.90. The fraction of sp³-hybridized carbons (Fsp3) is 0.257. The van der Waals surface area contributed by atoms with Crippen LogP contribution in [-0.4, -0.2) is 45.7 Å². The Hall–Kier alpha value is -4.94. The van der Waals surface area contributed by atoms with Crippen LogP contribution in [0.3, 0.4) is 0 Å². The number of hydrogen-bond acceptors (Lipinski definition) is 7. The molecular weight excluding hydrogens is 617 g/mol. The predicted octanol–water partition coefficient (Wildman–Crippen LogP) is 6.89. The van der Waals surface area contributed by atoms with Crippen molar-refractivity contribution in [3.05, 3.63) is 84.6 Å². The third-order valence-corrected chi connectivity index (χ3v) is 10.1. The van der Waals surface area contributed by atoms with Crippen molar-refractivity contribution >= 4 is 43.2 Å². The second-order valence-corrected chi connectivity index (χ2v) is 14.5.